The Hall–Kier alpha value is -1.26. The average Bonchev–Trinajstić information content (AvgIpc) is 2.44. The molecule has 0 aliphatic rings. The Balaban J connectivity index is 2.21. The lowest BCUT2D eigenvalue weighted by Gasteiger charge is -2.17. The van der Waals surface area contributed by atoms with Crippen LogP contribution in [0.1, 0.15) is 26.7 Å². The lowest BCUT2D eigenvalue weighted by atomic mass is 10.2. The second kappa shape index (κ2) is 9.64. The van der Waals surface area contributed by atoms with Crippen LogP contribution in [0.5, 0.6) is 5.75 Å². The summed E-state index contributed by atoms with van der Waals surface area (Å²) in [6, 6.07) is 7.93. The van der Waals surface area contributed by atoms with Crippen LogP contribution in [-0.4, -0.2) is 33.2 Å². The third kappa shape index (κ3) is 6.45. The van der Waals surface area contributed by atoms with Crippen LogP contribution < -0.4 is 10.1 Å². The van der Waals surface area contributed by atoms with Crippen molar-refractivity contribution in [2.45, 2.75) is 33.0 Å². The van der Waals surface area contributed by atoms with Crippen molar-refractivity contribution in [3.8, 4) is 5.75 Å². The number of benzene rings is 1. The van der Waals surface area contributed by atoms with Crippen LogP contribution in [0.4, 0.5) is 5.69 Å². The van der Waals surface area contributed by atoms with Gasteiger partial charge in [0.1, 0.15) is 5.75 Å². The highest BCUT2D eigenvalue weighted by Crippen LogP contribution is 2.15. The molecule has 4 nitrogen and oxygen atoms in total. The molecule has 0 unspecified atom stereocenters. The zero-order valence-corrected chi connectivity index (χ0v) is 12.1. The Kier molecular flexibility index (Phi) is 8.02. The summed E-state index contributed by atoms with van der Waals surface area (Å²) >= 11 is 0. The van der Waals surface area contributed by atoms with Crippen LogP contribution in [0.2, 0.25) is 0 Å². The van der Waals surface area contributed by atoms with E-state index in [0.717, 1.165) is 30.8 Å². The quantitative estimate of drug-likeness (QED) is 0.521. The number of rotatable bonds is 10. The third-order valence-electron chi connectivity index (χ3n) is 2.74. The molecule has 0 aliphatic heterocycles. The Morgan fingerprint density at radius 2 is 1.68 bits per heavy atom. The van der Waals surface area contributed by atoms with Gasteiger partial charge in [0.2, 0.25) is 0 Å². The second-order valence-electron chi connectivity index (χ2n) is 4.14. The van der Waals surface area contributed by atoms with Gasteiger partial charge in [-0.2, -0.15) is 0 Å². The molecule has 108 valence electrons. The predicted molar refractivity (Wildman–Crippen MR) is 77.8 cm³/mol. The van der Waals surface area contributed by atoms with Gasteiger partial charge in [-0.05, 0) is 44.5 Å². The largest absolute Gasteiger partial charge is 0.497 e. The first-order chi connectivity index (χ1) is 9.30. The van der Waals surface area contributed by atoms with Gasteiger partial charge >= 0.3 is 0 Å². The number of methoxy groups -OCH3 is 1. The fourth-order valence-corrected chi connectivity index (χ4v) is 1.80. The normalized spacial score (nSPS) is 10.7. The van der Waals surface area contributed by atoms with E-state index in [4.69, 9.17) is 14.2 Å². The molecule has 0 saturated heterocycles. The molecule has 0 radical (unpaired) electrons. The van der Waals surface area contributed by atoms with E-state index in [-0.39, 0.29) is 6.29 Å². The van der Waals surface area contributed by atoms with Crippen molar-refractivity contribution < 1.29 is 14.2 Å². The van der Waals surface area contributed by atoms with Crippen molar-refractivity contribution >= 4 is 5.69 Å². The van der Waals surface area contributed by atoms with E-state index in [2.05, 4.69) is 5.32 Å². The van der Waals surface area contributed by atoms with Crippen LogP contribution in [0, 0.1) is 0 Å². The molecular weight excluding hydrogens is 242 g/mol. The maximum absolute atomic E-state index is 5.50. The topological polar surface area (TPSA) is 39.7 Å². The molecule has 0 amide bonds. The SMILES string of the molecule is CCOC(CCCNc1ccc(OC)cc1)OCC. The van der Waals surface area contributed by atoms with Crippen molar-refractivity contribution in [3.63, 3.8) is 0 Å². The second-order valence-corrected chi connectivity index (χ2v) is 4.14. The lowest BCUT2D eigenvalue weighted by Crippen LogP contribution is -2.18. The van der Waals surface area contributed by atoms with Crippen LogP contribution in [0.15, 0.2) is 24.3 Å². The Morgan fingerprint density at radius 3 is 2.21 bits per heavy atom. The Morgan fingerprint density at radius 1 is 1.05 bits per heavy atom. The summed E-state index contributed by atoms with van der Waals surface area (Å²) in [7, 11) is 1.67. The molecule has 0 bridgehead atoms. The molecular formula is C15H25NO3. The van der Waals surface area contributed by atoms with Gasteiger partial charge in [0, 0.05) is 31.9 Å². The number of ether oxygens (including phenoxy) is 3. The van der Waals surface area contributed by atoms with Crippen molar-refractivity contribution in [1.82, 2.24) is 0 Å². The summed E-state index contributed by atoms with van der Waals surface area (Å²) in [6.07, 6.45) is 1.84. The molecule has 0 aromatic heterocycles. The highest BCUT2D eigenvalue weighted by atomic mass is 16.7. The minimum absolute atomic E-state index is 0.0762. The smallest absolute Gasteiger partial charge is 0.157 e. The van der Waals surface area contributed by atoms with Gasteiger partial charge in [-0.3, -0.25) is 0 Å². The van der Waals surface area contributed by atoms with E-state index in [1.807, 2.05) is 38.1 Å². The van der Waals surface area contributed by atoms with Gasteiger partial charge in [-0.1, -0.05) is 0 Å². The summed E-state index contributed by atoms with van der Waals surface area (Å²) in [4.78, 5) is 0. The number of nitrogens with one attached hydrogen (secondary N) is 1. The number of anilines is 1. The molecule has 0 fully saturated rings. The van der Waals surface area contributed by atoms with E-state index in [1.54, 1.807) is 7.11 Å². The summed E-state index contributed by atoms with van der Waals surface area (Å²) in [5, 5.41) is 3.37. The number of hydrogen-bond acceptors (Lipinski definition) is 4. The summed E-state index contributed by atoms with van der Waals surface area (Å²) < 4.78 is 16.1. The summed E-state index contributed by atoms with van der Waals surface area (Å²) in [6.45, 7) is 6.26. The first kappa shape index (κ1) is 15.8. The average molecular weight is 267 g/mol. The third-order valence-corrected chi connectivity index (χ3v) is 2.74. The molecule has 0 spiro atoms. The van der Waals surface area contributed by atoms with Crippen LogP contribution in [-0.2, 0) is 9.47 Å². The minimum atomic E-state index is -0.0762. The first-order valence-electron chi connectivity index (χ1n) is 6.91. The van der Waals surface area contributed by atoms with Crippen LogP contribution in [0.3, 0.4) is 0 Å². The molecule has 0 heterocycles. The van der Waals surface area contributed by atoms with Crippen molar-refractivity contribution in [2.24, 2.45) is 0 Å². The van der Waals surface area contributed by atoms with Gasteiger partial charge in [0.15, 0.2) is 6.29 Å². The van der Waals surface area contributed by atoms with E-state index >= 15 is 0 Å². The number of hydrogen-bond donors (Lipinski definition) is 1. The molecule has 1 rings (SSSR count). The van der Waals surface area contributed by atoms with E-state index < -0.39 is 0 Å². The molecule has 1 aromatic carbocycles. The Labute approximate surface area is 116 Å². The van der Waals surface area contributed by atoms with Gasteiger partial charge in [-0.15, -0.1) is 0 Å². The van der Waals surface area contributed by atoms with Gasteiger partial charge in [0.25, 0.3) is 0 Å². The monoisotopic (exact) mass is 267 g/mol. The molecule has 1 aromatic rings. The van der Waals surface area contributed by atoms with Gasteiger partial charge in [-0.25, -0.2) is 0 Å². The van der Waals surface area contributed by atoms with E-state index in [9.17, 15) is 0 Å². The minimum Gasteiger partial charge on any atom is -0.497 e. The van der Waals surface area contributed by atoms with Gasteiger partial charge in [0.05, 0.1) is 7.11 Å². The highest BCUT2D eigenvalue weighted by molar-refractivity contribution is 5.46. The molecule has 0 atom stereocenters. The van der Waals surface area contributed by atoms with Crippen molar-refractivity contribution in [2.75, 3.05) is 32.2 Å². The maximum Gasteiger partial charge on any atom is 0.157 e. The zero-order chi connectivity index (χ0) is 13.9. The fourth-order valence-electron chi connectivity index (χ4n) is 1.80. The molecule has 19 heavy (non-hydrogen) atoms. The summed E-state index contributed by atoms with van der Waals surface area (Å²) in [5.41, 5.74) is 1.10. The standard InChI is InChI=1S/C15H25NO3/c1-4-18-15(19-5-2)7-6-12-16-13-8-10-14(17-3)11-9-13/h8-11,15-16H,4-7,12H2,1-3H3. The van der Waals surface area contributed by atoms with Gasteiger partial charge < -0.3 is 19.5 Å². The van der Waals surface area contributed by atoms with E-state index in [1.165, 1.54) is 0 Å². The van der Waals surface area contributed by atoms with Crippen molar-refractivity contribution in [3.05, 3.63) is 24.3 Å². The first-order valence-corrected chi connectivity index (χ1v) is 6.91. The molecule has 4 heteroatoms. The zero-order valence-electron chi connectivity index (χ0n) is 12.1. The van der Waals surface area contributed by atoms with Crippen LogP contribution in [0.25, 0.3) is 0 Å². The fraction of sp³-hybridized carbons (Fsp3) is 0.600. The van der Waals surface area contributed by atoms with Crippen molar-refractivity contribution in [1.29, 1.82) is 0 Å². The van der Waals surface area contributed by atoms with Crippen LogP contribution >= 0.6 is 0 Å². The predicted octanol–water partition coefficient (Wildman–Crippen LogP) is 3.29. The molecule has 0 saturated carbocycles. The maximum atomic E-state index is 5.50. The van der Waals surface area contributed by atoms with E-state index in [0.29, 0.717) is 13.2 Å². The highest BCUT2D eigenvalue weighted by Gasteiger charge is 2.06. The Bertz CT molecular complexity index is 321. The molecule has 1 N–H and O–H groups in total. The lowest BCUT2D eigenvalue weighted by molar-refractivity contribution is -0.139. The summed E-state index contributed by atoms with van der Waals surface area (Å²) in [5.74, 6) is 0.873. The molecule has 0 aliphatic carbocycles.